The highest BCUT2D eigenvalue weighted by atomic mass is 16.6. The molecule has 9 nitrogen and oxygen atoms in total. The summed E-state index contributed by atoms with van der Waals surface area (Å²) in [4.78, 5) is 24.5. The lowest BCUT2D eigenvalue weighted by Crippen LogP contribution is -2.46. The Labute approximate surface area is 141 Å². The van der Waals surface area contributed by atoms with E-state index in [4.69, 9.17) is 4.74 Å². The molecular weight excluding hydrogens is 314 g/mol. The summed E-state index contributed by atoms with van der Waals surface area (Å²) >= 11 is 0. The van der Waals surface area contributed by atoms with Gasteiger partial charge >= 0.3 is 11.8 Å². The number of piperidine rings is 1. The van der Waals surface area contributed by atoms with Crippen LogP contribution in [0.15, 0.2) is 6.20 Å². The normalized spacial score (nSPS) is 16.8. The second-order valence-corrected chi connectivity index (χ2v) is 6.83. The highest BCUT2D eigenvalue weighted by Crippen LogP contribution is 2.30. The lowest BCUT2D eigenvalue weighted by Gasteiger charge is -2.40. The number of likely N-dealkylation sites (tertiary alicyclic amines) is 1. The third kappa shape index (κ3) is 4.22. The van der Waals surface area contributed by atoms with Gasteiger partial charge in [-0.15, -0.1) is 5.10 Å². The van der Waals surface area contributed by atoms with Crippen molar-refractivity contribution in [2.24, 2.45) is 0 Å². The maximum atomic E-state index is 11.5. The van der Waals surface area contributed by atoms with Crippen molar-refractivity contribution in [3.63, 3.8) is 0 Å². The molecule has 9 heteroatoms. The molecule has 1 aromatic heterocycles. The number of hydrogen-bond acceptors (Lipinski definition) is 6. The van der Waals surface area contributed by atoms with E-state index in [1.54, 1.807) is 11.6 Å². The maximum Gasteiger partial charge on any atom is 0.413 e. The van der Waals surface area contributed by atoms with Gasteiger partial charge in [0.2, 0.25) is 5.82 Å². The number of rotatable bonds is 4. The molecule has 1 saturated heterocycles. The Hall–Kier alpha value is -2.16. The average Bonchev–Trinajstić information content (AvgIpc) is 2.90. The van der Waals surface area contributed by atoms with Crippen molar-refractivity contribution in [2.75, 3.05) is 25.0 Å². The molecule has 1 aliphatic heterocycles. The fourth-order valence-electron chi connectivity index (χ4n) is 2.86. The summed E-state index contributed by atoms with van der Waals surface area (Å²) < 4.78 is 6.36. The zero-order valence-corrected chi connectivity index (χ0v) is 14.6. The summed E-state index contributed by atoms with van der Waals surface area (Å²) in [6.07, 6.45) is 2.36. The van der Waals surface area contributed by atoms with Crippen LogP contribution in [0.4, 0.5) is 16.3 Å². The van der Waals surface area contributed by atoms with Crippen molar-refractivity contribution >= 4 is 17.6 Å². The van der Waals surface area contributed by atoms with E-state index < -0.39 is 11.0 Å². The van der Waals surface area contributed by atoms with Crippen LogP contribution in [0.3, 0.4) is 0 Å². The molecule has 1 N–H and O–H groups in total. The van der Waals surface area contributed by atoms with Crippen molar-refractivity contribution in [3.05, 3.63) is 16.3 Å². The van der Waals surface area contributed by atoms with Crippen LogP contribution >= 0.6 is 0 Å². The van der Waals surface area contributed by atoms with E-state index in [0.29, 0.717) is 0 Å². The maximum absolute atomic E-state index is 11.5. The molecule has 134 valence electrons. The molecule has 2 rings (SSSR count). The number of nitrogens with one attached hydrogen (secondary N) is 1. The standard InChI is InChI=1S/C15H25N5O4/c1-5-24-14(21)16-13-12(20(22)23)10-19(17-13)11-6-8-18(9-7-11)15(2,3)4/h10-11H,5-9H2,1-4H3,(H,16,17,21). The zero-order valence-electron chi connectivity index (χ0n) is 14.6. The van der Waals surface area contributed by atoms with Gasteiger partial charge in [0, 0.05) is 18.6 Å². The van der Waals surface area contributed by atoms with Crippen LogP contribution in [-0.4, -0.2) is 50.9 Å². The van der Waals surface area contributed by atoms with Crippen LogP contribution in [0.25, 0.3) is 0 Å². The Morgan fingerprint density at radius 2 is 2.08 bits per heavy atom. The van der Waals surface area contributed by atoms with Crippen LogP contribution in [0, 0.1) is 10.1 Å². The Kier molecular flexibility index (Phi) is 5.43. The van der Waals surface area contributed by atoms with Crippen molar-refractivity contribution in [1.29, 1.82) is 0 Å². The van der Waals surface area contributed by atoms with Crippen LogP contribution < -0.4 is 5.32 Å². The largest absolute Gasteiger partial charge is 0.450 e. The molecule has 0 bridgehead atoms. The van der Waals surface area contributed by atoms with Gasteiger partial charge in [0.05, 0.1) is 17.6 Å². The molecule has 0 atom stereocenters. The minimum Gasteiger partial charge on any atom is -0.450 e. The van der Waals surface area contributed by atoms with Crippen molar-refractivity contribution < 1.29 is 14.5 Å². The van der Waals surface area contributed by atoms with Crippen LogP contribution in [0.5, 0.6) is 0 Å². The third-order valence-corrected chi connectivity index (χ3v) is 4.19. The molecule has 1 fully saturated rings. The SMILES string of the molecule is CCOC(=O)Nc1nn(C2CCN(C(C)(C)C)CC2)cc1[N+](=O)[O-]. The van der Waals surface area contributed by atoms with E-state index in [2.05, 4.69) is 36.1 Å². The molecule has 1 aliphatic rings. The van der Waals surface area contributed by atoms with E-state index in [1.165, 1.54) is 6.20 Å². The number of hydrogen-bond donors (Lipinski definition) is 1. The van der Waals surface area contributed by atoms with E-state index in [-0.39, 0.29) is 29.7 Å². The van der Waals surface area contributed by atoms with Gasteiger partial charge in [-0.25, -0.2) is 4.79 Å². The van der Waals surface area contributed by atoms with Crippen LogP contribution in [0.2, 0.25) is 0 Å². The summed E-state index contributed by atoms with van der Waals surface area (Å²) in [5, 5.41) is 17.7. The predicted molar refractivity (Wildman–Crippen MR) is 89.1 cm³/mol. The van der Waals surface area contributed by atoms with Crippen molar-refractivity contribution in [2.45, 2.75) is 52.1 Å². The first-order valence-electron chi connectivity index (χ1n) is 8.14. The van der Waals surface area contributed by atoms with E-state index in [1.807, 2.05) is 0 Å². The Balaban J connectivity index is 2.11. The fourth-order valence-corrected chi connectivity index (χ4v) is 2.86. The first-order valence-corrected chi connectivity index (χ1v) is 8.14. The number of amides is 1. The van der Waals surface area contributed by atoms with Gasteiger partial charge in [-0.1, -0.05) is 0 Å². The molecular formula is C15H25N5O4. The Bertz CT molecular complexity index is 599. The van der Waals surface area contributed by atoms with Crippen molar-refractivity contribution in [3.8, 4) is 0 Å². The number of carbonyl (C=O) groups is 1. The van der Waals surface area contributed by atoms with Gasteiger partial charge in [0.1, 0.15) is 6.20 Å². The second-order valence-electron chi connectivity index (χ2n) is 6.83. The molecule has 0 aliphatic carbocycles. The number of aromatic nitrogens is 2. The number of anilines is 1. The predicted octanol–water partition coefficient (Wildman–Crippen LogP) is 2.80. The number of carbonyl (C=O) groups excluding carboxylic acids is 1. The number of nitro groups is 1. The number of nitrogens with zero attached hydrogens (tertiary/aromatic N) is 4. The minimum absolute atomic E-state index is 0.0725. The summed E-state index contributed by atoms with van der Waals surface area (Å²) in [5.41, 5.74) is -0.112. The van der Waals surface area contributed by atoms with Crippen LogP contribution in [-0.2, 0) is 4.74 Å². The zero-order chi connectivity index (χ0) is 17.9. The topological polar surface area (TPSA) is 103 Å². The lowest BCUT2D eigenvalue weighted by atomic mass is 9.98. The average molecular weight is 339 g/mol. The first kappa shape index (κ1) is 18.2. The second kappa shape index (κ2) is 7.16. The molecule has 2 heterocycles. The van der Waals surface area contributed by atoms with Gasteiger partial charge in [-0.3, -0.25) is 25.0 Å². The van der Waals surface area contributed by atoms with Gasteiger partial charge in [-0.2, -0.15) is 0 Å². The van der Waals surface area contributed by atoms with E-state index in [0.717, 1.165) is 25.9 Å². The van der Waals surface area contributed by atoms with Gasteiger partial charge in [0.25, 0.3) is 0 Å². The highest BCUT2D eigenvalue weighted by molar-refractivity contribution is 5.86. The van der Waals surface area contributed by atoms with E-state index in [9.17, 15) is 14.9 Å². The molecule has 24 heavy (non-hydrogen) atoms. The summed E-state index contributed by atoms with van der Waals surface area (Å²) in [6, 6.07) is 0.0834. The molecule has 0 saturated carbocycles. The lowest BCUT2D eigenvalue weighted by molar-refractivity contribution is -0.384. The minimum atomic E-state index is -0.742. The molecule has 0 spiro atoms. The summed E-state index contributed by atoms with van der Waals surface area (Å²) in [7, 11) is 0. The highest BCUT2D eigenvalue weighted by Gasteiger charge is 2.30. The molecule has 0 radical (unpaired) electrons. The molecule has 1 aromatic rings. The molecule has 0 aromatic carbocycles. The Morgan fingerprint density at radius 3 is 2.58 bits per heavy atom. The Morgan fingerprint density at radius 1 is 1.46 bits per heavy atom. The van der Waals surface area contributed by atoms with Gasteiger partial charge in [-0.05, 0) is 40.5 Å². The van der Waals surface area contributed by atoms with Gasteiger partial charge in [0.15, 0.2) is 0 Å². The smallest absolute Gasteiger partial charge is 0.413 e. The quantitative estimate of drug-likeness (QED) is 0.668. The molecule has 1 amide bonds. The van der Waals surface area contributed by atoms with Crippen molar-refractivity contribution in [1.82, 2.24) is 14.7 Å². The third-order valence-electron chi connectivity index (χ3n) is 4.19. The van der Waals surface area contributed by atoms with Gasteiger partial charge < -0.3 is 4.74 Å². The summed E-state index contributed by atoms with van der Waals surface area (Å²) in [5.74, 6) is -0.0725. The molecule has 0 unspecified atom stereocenters. The van der Waals surface area contributed by atoms with E-state index >= 15 is 0 Å². The van der Waals surface area contributed by atoms with Crippen LogP contribution in [0.1, 0.15) is 46.6 Å². The summed E-state index contributed by atoms with van der Waals surface area (Å²) in [6.45, 7) is 10.2. The monoisotopic (exact) mass is 339 g/mol. The number of ether oxygens (including phenoxy) is 1. The first-order chi connectivity index (χ1) is 11.2. The fraction of sp³-hybridized carbons (Fsp3) is 0.733.